The number of para-hydroxylation sites is 1. The molecule has 1 unspecified atom stereocenters. The van der Waals surface area contributed by atoms with E-state index < -0.39 is 0 Å². The summed E-state index contributed by atoms with van der Waals surface area (Å²) in [6, 6.07) is 14.9. The van der Waals surface area contributed by atoms with Gasteiger partial charge in [0.2, 0.25) is 5.91 Å². The van der Waals surface area contributed by atoms with Gasteiger partial charge in [-0.2, -0.15) is 0 Å². The summed E-state index contributed by atoms with van der Waals surface area (Å²) in [6.45, 7) is 1.92. The predicted octanol–water partition coefficient (Wildman–Crippen LogP) is 2.70. The summed E-state index contributed by atoms with van der Waals surface area (Å²) < 4.78 is 10.6. The number of rotatable bonds is 7. The largest absolute Gasteiger partial charge is 0.497 e. The Morgan fingerprint density at radius 2 is 1.82 bits per heavy atom. The zero-order chi connectivity index (χ0) is 23.3. The van der Waals surface area contributed by atoms with Gasteiger partial charge in [-0.25, -0.2) is 0 Å². The Morgan fingerprint density at radius 3 is 2.52 bits per heavy atom. The minimum absolute atomic E-state index is 0.0333. The van der Waals surface area contributed by atoms with Gasteiger partial charge in [0.05, 0.1) is 25.1 Å². The second-order valence-electron chi connectivity index (χ2n) is 8.38. The molecule has 0 saturated carbocycles. The molecule has 0 radical (unpaired) electrons. The summed E-state index contributed by atoms with van der Waals surface area (Å²) in [5, 5.41) is 6.62. The van der Waals surface area contributed by atoms with E-state index in [9.17, 15) is 9.59 Å². The Bertz CT molecular complexity index is 974. The second-order valence-corrected chi connectivity index (χ2v) is 9.78. The van der Waals surface area contributed by atoms with Gasteiger partial charge in [0.1, 0.15) is 11.5 Å². The van der Waals surface area contributed by atoms with Crippen molar-refractivity contribution in [2.45, 2.75) is 30.2 Å². The number of likely N-dealkylation sites (tertiary alicyclic amines) is 1. The normalized spacial score (nSPS) is 19.3. The maximum Gasteiger partial charge on any atom is 0.253 e. The number of ether oxygens (including phenoxy) is 2. The maximum atomic E-state index is 12.8. The molecule has 2 saturated heterocycles. The van der Waals surface area contributed by atoms with Crippen LogP contribution in [0.1, 0.15) is 28.8 Å². The minimum Gasteiger partial charge on any atom is -0.497 e. The van der Waals surface area contributed by atoms with Crippen LogP contribution in [0.3, 0.4) is 0 Å². The average molecular weight is 470 g/mol. The van der Waals surface area contributed by atoms with E-state index in [0.717, 1.165) is 42.1 Å². The van der Waals surface area contributed by atoms with Gasteiger partial charge >= 0.3 is 0 Å². The summed E-state index contributed by atoms with van der Waals surface area (Å²) in [4.78, 5) is 27.3. The summed E-state index contributed by atoms with van der Waals surface area (Å²) >= 11 is 1.81. The summed E-state index contributed by atoms with van der Waals surface area (Å²) in [5.74, 6) is 2.40. The molecule has 4 rings (SSSR count). The van der Waals surface area contributed by atoms with Crippen molar-refractivity contribution in [3.8, 4) is 11.5 Å². The van der Waals surface area contributed by atoms with E-state index in [-0.39, 0.29) is 22.7 Å². The number of nitrogens with zero attached hydrogens (tertiary/aromatic N) is 1. The molecule has 0 bridgehead atoms. The molecule has 2 N–H and O–H groups in total. The van der Waals surface area contributed by atoms with Crippen LogP contribution in [0.4, 0.5) is 0 Å². The lowest BCUT2D eigenvalue weighted by molar-refractivity contribution is -0.122. The molecule has 7 nitrogen and oxygen atoms in total. The molecular weight excluding hydrogens is 438 g/mol. The number of thioether (sulfide) groups is 1. The molecule has 0 aromatic heterocycles. The maximum absolute atomic E-state index is 12.8. The molecule has 33 heavy (non-hydrogen) atoms. The van der Waals surface area contributed by atoms with E-state index in [4.69, 9.17) is 9.47 Å². The van der Waals surface area contributed by atoms with Crippen LogP contribution in [0.15, 0.2) is 48.5 Å². The van der Waals surface area contributed by atoms with E-state index >= 15 is 0 Å². The average Bonchev–Trinajstić information content (AvgIpc) is 3.28. The number of methoxy groups -OCH3 is 2. The van der Waals surface area contributed by atoms with E-state index in [2.05, 4.69) is 10.6 Å². The topological polar surface area (TPSA) is 79.9 Å². The van der Waals surface area contributed by atoms with Gasteiger partial charge in [0.15, 0.2) is 0 Å². The molecule has 1 atom stereocenters. The van der Waals surface area contributed by atoms with Crippen LogP contribution in [0, 0.1) is 0 Å². The molecule has 1 spiro atoms. The van der Waals surface area contributed by atoms with Crippen molar-refractivity contribution in [3.05, 3.63) is 59.7 Å². The van der Waals surface area contributed by atoms with E-state index in [0.29, 0.717) is 25.2 Å². The molecule has 176 valence electrons. The summed E-state index contributed by atoms with van der Waals surface area (Å²) in [6.07, 6.45) is 2.37. The number of benzene rings is 2. The molecule has 2 fully saturated rings. The van der Waals surface area contributed by atoms with E-state index in [1.165, 1.54) is 0 Å². The van der Waals surface area contributed by atoms with Gasteiger partial charge < -0.3 is 19.7 Å². The molecule has 2 aromatic carbocycles. The molecule has 2 aliphatic rings. The zero-order valence-corrected chi connectivity index (χ0v) is 20.0. The number of nitrogens with one attached hydrogen (secondary N) is 2. The first-order valence-corrected chi connectivity index (χ1v) is 12.3. The van der Waals surface area contributed by atoms with Gasteiger partial charge in [-0.1, -0.05) is 18.2 Å². The molecule has 0 aliphatic carbocycles. The SMILES string of the molecule is COc1ccc(C(=O)N2CCC3(CC2)NC(C(=O)NCCc2ccccc2OC)CS3)cc1. The highest BCUT2D eigenvalue weighted by Gasteiger charge is 2.44. The lowest BCUT2D eigenvalue weighted by Gasteiger charge is -2.39. The Morgan fingerprint density at radius 1 is 1.09 bits per heavy atom. The molecule has 2 heterocycles. The lowest BCUT2D eigenvalue weighted by Crippen LogP contribution is -2.54. The van der Waals surface area contributed by atoms with Crippen LogP contribution < -0.4 is 20.1 Å². The Kier molecular flexibility index (Phi) is 7.45. The number of hydrogen-bond acceptors (Lipinski definition) is 6. The molecular formula is C25H31N3O4S. The van der Waals surface area contributed by atoms with Gasteiger partial charge in [0.25, 0.3) is 5.91 Å². The summed E-state index contributed by atoms with van der Waals surface area (Å²) in [7, 11) is 3.27. The van der Waals surface area contributed by atoms with Crippen molar-refractivity contribution in [2.24, 2.45) is 0 Å². The van der Waals surface area contributed by atoms with Crippen molar-refractivity contribution in [2.75, 3.05) is 39.6 Å². The highest BCUT2D eigenvalue weighted by molar-refractivity contribution is 8.01. The summed E-state index contributed by atoms with van der Waals surface area (Å²) in [5.41, 5.74) is 1.76. The third kappa shape index (κ3) is 5.45. The van der Waals surface area contributed by atoms with Crippen LogP contribution in [-0.2, 0) is 11.2 Å². The standard InChI is InChI=1S/C25H31N3O4S/c1-31-20-9-7-19(8-10-20)24(30)28-15-12-25(13-16-28)27-21(17-33-25)23(29)26-14-11-18-5-3-4-6-22(18)32-2/h3-10,21,27H,11-17H2,1-2H3,(H,26,29). The van der Waals surface area contributed by atoms with Crippen molar-refractivity contribution in [3.63, 3.8) is 0 Å². The van der Waals surface area contributed by atoms with Gasteiger partial charge in [-0.05, 0) is 55.2 Å². The first kappa shape index (κ1) is 23.4. The zero-order valence-electron chi connectivity index (χ0n) is 19.1. The molecule has 2 amide bonds. The van der Waals surface area contributed by atoms with Crippen LogP contribution >= 0.6 is 11.8 Å². The fourth-order valence-electron chi connectivity index (χ4n) is 4.41. The Hall–Kier alpha value is -2.71. The fraction of sp³-hybridized carbons (Fsp3) is 0.440. The monoisotopic (exact) mass is 469 g/mol. The third-order valence-corrected chi connectivity index (χ3v) is 7.94. The smallest absolute Gasteiger partial charge is 0.253 e. The first-order chi connectivity index (χ1) is 16.0. The van der Waals surface area contributed by atoms with Gasteiger partial charge in [-0.15, -0.1) is 11.8 Å². The highest BCUT2D eigenvalue weighted by atomic mass is 32.2. The van der Waals surface area contributed by atoms with E-state index in [1.807, 2.05) is 41.3 Å². The number of carbonyl (C=O) groups excluding carboxylic acids is 2. The first-order valence-electron chi connectivity index (χ1n) is 11.3. The van der Waals surface area contributed by atoms with Crippen molar-refractivity contribution in [1.82, 2.24) is 15.5 Å². The molecule has 2 aromatic rings. The van der Waals surface area contributed by atoms with Crippen molar-refractivity contribution < 1.29 is 19.1 Å². The van der Waals surface area contributed by atoms with Crippen LogP contribution in [0.5, 0.6) is 11.5 Å². The fourth-order valence-corrected chi connectivity index (χ4v) is 5.83. The van der Waals surface area contributed by atoms with Gasteiger partial charge in [0, 0.05) is 31.0 Å². The number of hydrogen-bond donors (Lipinski definition) is 2. The number of carbonyl (C=O) groups is 2. The van der Waals surface area contributed by atoms with Gasteiger partial charge in [-0.3, -0.25) is 14.9 Å². The van der Waals surface area contributed by atoms with Crippen molar-refractivity contribution in [1.29, 1.82) is 0 Å². The van der Waals surface area contributed by atoms with E-state index in [1.54, 1.807) is 38.1 Å². The minimum atomic E-state index is -0.212. The third-order valence-electron chi connectivity index (χ3n) is 6.36. The second kappa shape index (κ2) is 10.5. The Balaban J connectivity index is 1.24. The lowest BCUT2D eigenvalue weighted by atomic mass is 10.0. The Labute approximate surface area is 199 Å². The van der Waals surface area contributed by atoms with Crippen LogP contribution in [-0.4, -0.2) is 67.2 Å². The van der Waals surface area contributed by atoms with Crippen LogP contribution in [0.25, 0.3) is 0 Å². The van der Waals surface area contributed by atoms with Crippen molar-refractivity contribution >= 4 is 23.6 Å². The molecule has 8 heteroatoms. The number of amides is 2. The number of piperidine rings is 1. The predicted molar refractivity (Wildman–Crippen MR) is 130 cm³/mol. The van der Waals surface area contributed by atoms with Crippen LogP contribution in [0.2, 0.25) is 0 Å². The highest BCUT2D eigenvalue weighted by Crippen LogP contribution is 2.39. The molecule has 2 aliphatic heterocycles. The quantitative estimate of drug-likeness (QED) is 0.649.